The zero-order valence-electron chi connectivity index (χ0n) is 11.1. The van der Waals surface area contributed by atoms with Crippen LogP contribution in [0.3, 0.4) is 0 Å². The summed E-state index contributed by atoms with van der Waals surface area (Å²) in [6.45, 7) is 11.2. The van der Waals surface area contributed by atoms with Gasteiger partial charge in [-0.15, -0.1) is 0 Å². The Hall–Kier alpha value is -1.09. The molecule has 3 nitrogen and oxygen atoms in total. The lowest BCUT2D eigenvalue weighted by atomic mass is 10.0. The van der Waals surface area contributed by atoms with Crippen LogP contribution in [-0.4, -0.2) is 22.6 Å². The number of fused-ring (bicyclic) bond motifs is 1. The van der Waals surface area contributed by atoms with Gasteiger partial charge in [-0.05, 0) is 44.7 Å². The smallest absolute Gasteiger partial charge is 0.106 e. The molecule has 1 aliphatic rings. The molecule has 1 N–H and O–H groups in total. The summed E-state index contributed by atoms with van der Waals surface area (Å²) in [6, 6.07) is 0. The van der Waals surface area contributed by atoms with Crippen molar-refractivity contribution < 1.29 is 0 Å². The quantitative estimate of drug-likeness (QED) is 0.790. The molecule has 0 bridgehead atoms. The van der Waals surface area contributed by atoms with Crippen molar-refractivity contribution in [1.82, 2.24) is 14.9 Å². The van der Waals surface area contributed by atoms with Gasteiger partial charge in [-0.2, -0.15) is 0 Å². The highest BCUT2D eigenvalue weighted by atomic mass is 15.1. The molecule has 1 aromatic rings. The number of nitrogens with zero attached hydrogens (tertiary/aromatic N) is 2. The molecule has 0 unspecified atom stereocenters. The molecule has 0 saturated heterocycles. The summed E-state index contributed by atoms with van der Waals surface area (Å²) in [6.07, 6.45) is 4.94. The van der Waals surface area contributed by atoms with Crippen LogP contribution in [0.4, 0.5) is 0 Å². The number of hydrogen-bond donors (Lipinski definition) is 1. The second-order valence-corrected chi connectivity index (χ2v) is 4.88. The average molecular weight is 233 g/mol. The largest absolute Gasteiger partial charge is 0.328 e. The molecule has 17 heavy (non-hydrogen) atoms. The highest BCUT2D eigenvalue weighted by Gasteiger charge is 2.17. The van der Waals surface area contributed by atoms with E-state index in [2.05, 4.69) is 35.3 Å². The third kappa shape index (κ3) is 2.78. The Morgan fingerprint density at radius 3 is 2.94 bits per heavy atom. The fourth-order valence-electron chi connectivity index (χ4n) is 2.53. The van der Waals surface area contributed by atoms with Gasteiger partial charge < -0.3 is 9.88 Å². The first-order valence-corrected chi connectivity index (χ1v) is 6.64. The van der Waals surface area contributed by atoms with E-state index < -0.39 is 0 Å². The monoisotopic (exact) mass is 233 g/mol. The van der Waals surface area contributed by atoms with Gasteiger partial charge in [-0.3, -0.25) is 0 Å². The van der Waals surface area contributed by atoms with E-state index in [0.29, 0.717) is 0 Å². The SMILES string of the molecule is C=C(CNCC)Cn1c(C)nc2c1CCCC2. The predicted molar refractivity (Wildman–Crippen MR) is 71.3 cm³/mol. The second-order valence-electron chi connectivity index (χ2n) is 4.88. The van der Waals surface area contributed by atoms with Gasteiger partial charge in [0.05, 0.1) is 5.69 Å². The fraction of sp³-hybridized carbons (Fsp3) is 0.643. The molecule has 1 heterocycles. The Bertz CT molecular complexity index is 404. The number of aromatic nitrogens is 2. The molecular weight excluding hydrogens is 210 g/mol. The first-order chi connectivity index (χ1) is 8.22. The van der Waals surface area contributed by atoms with Crippen LogP contribution in [0.5, 0.6) is 0 Å². The first-order valence-electron chi connectivity index (χ1n) is 6.64. The molecule has 3 heteroatoms. The van der Waals surface area contributed by atoms with E-state index in [1.165, 1.54) is 36.2 Å². The first kappa shape index (κ1) is 12.4. The van der Waals surface area contributed by atoms with E-state index in [-0.39, 0.29) is 0 Å². The van der Waals surface area contributed by atoms with Crippen molar-refractivity contribution in [3.05, 3.63) is 29.4 Å². The maximum atomic E-state index is 4.69. The van der Waals surface area contributed by atoms with Gasteiger partial charge in [-0.1, -0.05) is 13.5 Å². The summed E-state index contributed by atoms with van der Waals surface area (Å²) in [5.74, 6) is 1.15. The number of hydrogen-bond acceptors (Lipinski definition) is 2. The summed E-state index contributed by atoms with van der Waals surface area (Å²) >= 11 is 0. The Morgan fingerprint density at radius 2 is 2.18 bits per heavy atom. The summed E-state index contributed by atoms with van der Waals surface area (Å²) in [5, 5.41) is 3.33. The van der Waals surface area contributed by atoms with Crippen LogP contribution in [0.2, 0.25) is 0 Å². The average Bonchev–Trinajstić information content (AvgIpc) is 2.64. The van der Waals surface area contributed by atoms with Crippen LogP contribution in [0, 0.1) is 6.92 Å². The molecule has 0 saturated carbocycles. The Kier molecular flexibility index (Phi) is 4.00. The lowest BCUT2D eigenvalue weighted by molar-refractivity contribution is 0.612. The molecule has 94 valence electrons. The second kappa shape index (κ2) is 5.50. The van der Waals surface area contributed by atoms with Crippen molar-refractivity contribution >= 4 is 0 Å². The zero-order chi connectivity index (χ0) is 12.3. The minimum Gasteiger partial charge on any atom is -0.328 e. The maximum absolute atomic E-state index is 4.69. The topological polar surface area (TPSA) is 29.9 Å². The fourth-order valence-corrected chi connectivity index (χ4v) is 2.53. The summed E-state index contributed by atoms with van der Waals surface area (Å²) < 4.78 is 2.36. The molecule has 0 amide bonds. The summed E-state index contributed by atoms with van der Waals surface area (Å²) in [4.78, 5) is 4.69. The molecular formula is C14H23N3. The highest BCUT2D eigenvalue weighted by Crippen LogP contribution is 2.22. The van der Waals surface area contributed by atoms with E-state index in [9.17, 15) is 0 Å². The number of aryl methyl sites for hydroxylation is 2. The minimum absolute atomic E-state index is 0.906. The lowest BCUT2D eigenvalue weighted by Crippen LogP contribution is -2.19. The van der Waals surface area contributed by atoms with E-state index in [1.54, 1.807) is 0 Å². The van der Waals surface area contributed by atoms with Gasteiger partial charge in [0.1, 0.15) is 5.82 Å². The molecule has 0 atom stereocenters. The van der Waals surface area contributed by atoms with Gasteiger partial charge in [0.2, 0.25) is 0 Å². The molecule has 0 radical (unpaired) electrons. The Balaban J connectivity index is 2.10. The van der Waals surface area contributed by atoms with Gasteiger partial charge in [-0.25, -0.2) is 4.98 Å². The zero-order valence-corrected chi connectivity index (χ0v) is 11.1. The van der Waals surface area contributed by atoms with Gasteiger partial charge in [0.15, 0.2) is 0 Å². The van der Waals surface area contributed by atoms with Crippen molar-refractivity contribution in [2.24, 2.45) is 0 Å². The normalized spacial score (nSPS) is 14.7. The van der Waals surface area contributed by atoms with Crippen LogP contribution in [-0.2, 0) is 19.4 Å². The standard InChI is InChI=1S/C14H23N3/c1-4-15-9-11(2)10-17-12(3)16-13-7-5-6-8-14(13)17/h15H,2,4-10H2,1,3H3. The van der Waals surface area contributed by atoms with Crippen LogP contribution in [0.15, 0.2) is 12.2 Å². The van der Waals surface area contributed by atoms with Crippen molar-refractivity contribution in [3.63, 3.8) is 0 Å². The molecule has 1 aliphatic carbocycles. The number of imidazole rings is 1. The van der Waals surface area contributed by atoms with Crippen molar-refractivity contribution in [2.75, 3.05) is 13.1 Å². The van der Waals surface area contributed by atoms with Gasteiger partial charge in [0.25, 0.3) is 0 Å². The van der Waals surface area contributed by atoms with Crippen LogP contribution in [0.25, 0.3) is 0 Å². The lowest BCUT2D eigenvalue weighted by Gasteiger charge is -2.16. The van der Waals surface area contributed by atoms with E-state index >= 15 is 0 Å². The Labute approximate surface area is 104 Å². The van der Waals surface area contributed by atoms with E-state index in [0.717, 1.165) is 31.9 Å². The molecule has 0 spiro atoms. The van der Waals surface area contributed by atoms with Crippen LogP contribution < -0.4 is 5.32 Å². The Morgan fingerprint density at radius 1 is 1.41 bits per heavy atom. The van der Waals surface area contributed by atoms with Gasteiger partial charge in [0, 0.05) is 18.8 Å². The van der Waals surface area contributed by atoms with Crippen LogP contribution >= 0.6 is 0 Å². The highest BCUT2D eigenvalue weighted by molar-refractivity contribution is 5.21. The maximum Gasteiger partial charge on any atom is 0.106 e. The predicted octanol–water partition coefficient (Wildman–Crippen LogP) is 2.24. The van der Waals surface area contributed by atoms with Crippen molar-refractivity contribution in [2.45, 2.75) is 46.1 Å². The third-order valence-corrected chi connectivity index (χ3v) is 3.43. The van der Waals surface area contributed by atoms with Crippen molar-refractivity contribution in [3.8, 4) is 0 Å². The molecule has 0 fully saturated rings. The number of rotatable bonds is 5. The number of nitrogens with one attached hydrogen (secondary N) is 1. The molecule has 2 rings (SSSR count). The molecule has 1 aromatic heterocycles. The number of likely N-dealkylation sites (N-methyl/N-ethyl adjacent to an activating group) is 1. The molecule has 0 aromatic carbocycles. The summed E-state index contributed by atoms with van der Waals surface area (Å²) in [7, 11) is 0. The molecule has 0 aliphatic heterocycles. The van der Waals surface area contributed by atoms with E-state index in [1.807, 2.05) is 0 Å². The minimum atomic E-state index is 0.906. The van der Waals surface area contributed by atoms with Crippen LogP contribution in [0.1, 0.15) is 37.0 Å². The summed E-state index contributed by atoms with van der Waals surface area (Å²) in [5.41, 5.74) is 4.01. The van der Waals surface area contributed by atoms with Gasteiger partial charge >= 0.3 is 0 Å². The van der Waals surface area contributed by atoms with Crippen molar-refractivity contribution in [1.29, 1.82) is 0 Å². The van der Waals surface area contributed by atoms with E-state index in [4.69, 9.17) is 0 Å². The third-order valence-electron chi connectivity index (χ3n) is 3.43.